The van der Waals surface area contributed by atoms with Crippen molar-refractivity contribution in [2.75, 3.05) is 0 Å². The number of para-hydroxylation sites is 1. The third-order valence-electron chi connectivity index (χ3n) is 14.7. The van der Waals surface area contributed by atoms with Crippen molar-refractivity contribution in [3.05, 3.63) is 267 Å². The topological polar surface area (TPSA) is 9.86 Å². The van der Waals surface area contributed by atoms with E-state index in [2.05, 4.69) is 276 Å². The van der Waals surface area contributed by atoms with Crippen LogP contribution in [0.4, 0.5) is 0 Å². The lowest BCUT2D eigenvalue weighted by Crippen LogP contribution is -2.74. The summed E-state index contributed by atoms with van der Waals surface area (Å²) in [7, 11) is -2.77. The maximum atomic E-state index is 2.50. The van der Waals surface area contributed by atoms with Gasteiger partial charge in [0.25, 0.3) is 0 Å². The first kappa shape index (κ1) is 40.5. The fraction of sp³-hybridized carbons (Fsp3) is 0. The first-order valence-corrected chi connectivity index (χ1v) is 26.9. The predicted molar refractivity (Wildman–Crippen MR) is 302 cm³/mol. The van der Waals surface area contributed by atoms with Gasteiger partial charge >= 0.3 is 0 Å². The maximum absolute atomic E-state index is 2.77. The van der Waals surface area contributed by atoms with Crippen LogP contribution in [0, 0.1) is 0 Å². The molecule has 0 radical (unpaired) electrons. The minimum absolute atomic E-state index is 1.14. The molecule has 0 amide bonds. The van der Waals surface area contributed by atoms with Gasteiger partial charge in [0.2, 0.25) is 0 Å². The van der Waals surface area contributed by atoms with Crippen LogP contribution in [0.1, 0.15) is 0 Å². The summed E-state index contributed by atoms with van der Waals surface area (Å²) in [5, 5.41) is 13.0. The van der Waals surface area contributed by atoms with Gasteiger partial charge in [-0.1, -0.05) is 200 Å². The minimum atomic E-state index is -2.77. The van der Waals surface area contributed by atoms with E-state index in [1.54, 1.807) is 0 Å². The monoisotopic (exact) mass is 924 g/mol. The van der Waals surface area contributed by atoms with Crippen molar-refractivity contribution >= 4 is 104 Å². The highest BCUT2D eigenvalue weighted by Crippen LogP contribution is 2.46. The quantitative estimate of drug-likeness (QED) is 0.106. The van der Waals surface area contributed by atoms with Crippen LogP contribution in [0.5, 0.6) is 0 Å². The highest BCUT2D eigenvalue weighted by Gasteiger charge is 2.41. The Kier molecular flexibility index (Phi) is 9.44. The second kappa shape index (κ2) is 16.3. The molecule has 0 aliphatic carbocycles. The lowest BCUT2D eigenvalue weighted by molar-refractivity contribution is 1.17. The Bertz CT molecular complexity index is 4190. The normalized spacial score (nSPS) is 12.0. The summed E-state index contributed by atoms with van der Waals surface area (Å²) in [6.45, 7) is 0. The van der Waals surface area contributed by atoms with Crippen LogP contribution in [0.15, 0.2) is 267 Å². The number of hydrogen-bond donors (Lipinski definition) is 0. The van der Waals surface area contributed by atoms with E-state index in [0.29, 0.717) is 0 Å². The molecule has 14 aromatic rings. The molecule has 0 fully saturated rings. The van der Waals surface area contributed by atoms with Gasteiger partial charge in [-0.15, -0.1) is 11.3 Å². The highest BCUT2D eigenvalue weighted by molar-refractivity contribution is 7.26. The Labute approximate surface area is 411 Å². The molecule has 0 saturated carbocycles. The molecule has 0 unspecified atom stereocenters. The molecule has 4 heteroatoms. The third-order valence-corrected chi connectivity index (χ3v) is 20.6. The van der Waals surface area contributed by atoms with E-state index in [4.69, 9.17) is 0 Å². The summed E-state index contributed by atoms with van der Waals surface area (Å²) in [4.78, 5) is 0. The molecule has 0 saturated heterocycles. The molecule has 3 aromatic heterocycles. The Morgan fingerprint density at radius 1 is 0.271 bits per heavy atom. The maximum Gasteiger partial charge on any atom is 0.179 e. The Morgan fingerprint density at radius 3 is 1.50 bits per heavy atom. The lowest BCUT2D eigenvalue weighted by atomic mass is 9.94. The molecule has 0 aliphatic rings. The van der Waals surface area contributed by atoms with Gasteiger partial charge in [0.05, 0.1) is 22.1 Å². The average Bonchev–Trinajstić information content (AvgIpc) is 4.10. The zero-order chi connectivity index (χ0) is 46.2. The van der Waals surface area contributed by atoms with E-state index in [0.717, 1.165) is 11.4 Å². The van der Waals surface area contributed by atoms with Crippen LogP contribution in [0.25, 0.3) is 97.4 Å². The van der Waals surface area contributed by atoms with E-state index < -0.39 is 8.07 Å². The van der Waals surface area contributed by atoms with Gasteiger partial charge in [-0.2, -0.15) is 0 Å². The smallest absolute Gasteiger partial charge is 0.179 e. The molecule has 0 atom stereocenters. The summed E-state index contributed by atoms with van der Waals surface area (Å²) in [6.07, 6.45) is 0. The Hall–Kier alpha value is -8.54. The van der Waals surface area contributed by atoms with Crippen LogP contribution < -0.4 is 20.7 Å². The zero-order valence-electron chi connectivity index (χ0n) is 38.2. The second-order valence-electron chi connectivity index (χ2n) is 18.4. The number of aromatic nitrogens is 2. The molecule has 3 heterocycles. The van der Waals surface area contributed by atoms with Gasteiger partial charge in [0.1, 0.15) is 0 Å². The summed E-state index contributed by atoms with van der Waals surface area (Å²) < 4.78 is 7.61. The van der Waals surface area contributed by atoms with E-state index in [1.165, 1.54) is 107 Å². The standard InChI is InChI=1S/C66H44N2SSi/c1-5-20-45(21-6-1)46-38-40-61-58(42-46)65-54(55-33-19-37-64-66(55)56-31-14-16-36-63(56)69-64)32-18-35-62(65)68(61)48-39-41-60-57(44-48)53-30-13-15-34-59(53)67(60)47-22-17-29-52(43-47)70(49-23-7-2-8-24-49,50-25-9-3-10-26-50)51-27-11-4-12-28-51/h1-44H. The van der Waals surface area contributed by atoms with Crippen LogP contribution in [-0.4, -0.2) is 17.2 Å². The van der Waals surface area contributed by atoms with Crippen LogP contribution in [0.3, 0.4) is 0 Å². The highest BCUT2D eigenvalue weighted by atomic mass is 32.1. The fourth-order valence-corrected chi connectivity index (χ4v) is 17.6. The summed E-state index contributed by atoms with van der Waals surface area (Å²) in [5.41, 5.74) is 12.0. The lowest BCUT2D eigenvalue weighted by Gasteiger charge is -2.34. The van der Waals surface area contributed by atoms with Crippen molar-refractivity contribution < 1.29 is 0 Å². The molecule has 0 aliphatic heterocycles. The summed E-state index contributed by atoms with van der Waals surface area (Å²) >= 11 is 1.88. The third kappa shape index (κ3) is 6.17. The number of rotatable bonds is 8. The number of benzene rings is 11. The molecule has 328 valence electrons. The van der Waals surface area contributed by atoms with Gasteiger partial charge in [0, 0.05) is 53.1 Å². The molecular formula is C66H44N2SSi. The Balaban J connectivity index is 1.00. The van der Waals surface area contributed by atoms with Crippen molar-refractivity contribution in [3.8, 4) is 33.6 Å². The van der Waals surface area contributed by atoms with Crippen molar-refractivity contribution in [3.63, 3.8) is 0 Å². The van der Waals surface area contributed by atoms with E-state index in [-0.39, 0.29) is 0 Å². The van der Waals surface area contributed by atoms with Gasteiger partial charge in [-0.05, 0) is 110 Å². The second-order valence-corrected chi connectivity index (χ2v) is 23.3. The first-order valence-electron chi connectivity index (χ1n) is 24.1. The zero-order valence-corrected chi connectivity index (χ0v) is 40.0. The summed E-state index contributed by atoms with van der Waals surface area (Å²) in [5.74, 6) is 0. The SMILES string of the molecule is c1ccc(-c2ccc3c(c2)c2c(-c4cccc5sc6ccccc6c45)cccc2n3-c2ccc3c(c2)c2ccccc2n3-c2cccc([Si](c3ccccc3)(c3ccccc3)c3ccccc3)c2)cc1. The minimum Gasteiger partial charge on any atom is -0.309 e. The van der Waals surface area contributed by atoms with E-state index in [9.17, 15) is 0 Å². The van der Waals surface area contributed by atoms with Crippen molar-refractivity contribution in [1.82, 2.24) is 9.13 Å². The predicted octanol–water partition coefficient (Wildman–Crippen LogP) is 15.0. The van der Waals surface area contributed by atoms with Gasteiger partial charge in [0.15, 0.2) is 8.07 Å². The Morgan fingerprint density at radius 2 is 0.771 bits per heavy atom. The fourth-order valence-electron chi connectivity index (χ4n) is 11.7. The molecular weight excluding hydrogens is 881 g/mol. The van der Waals surface area contributed by atoms with Crippen LogP contribution in [0.2, 0.25) is 0 Å². The molecule has 0 N–H and O–H groups in total. The van der Waals surface area contributed by atoms with Crippen molar-refractivity contribution in [2.45, 2.75) is 0 Å². The molecule has 0 bridgehead atoms. The number of nitrogens with zero attached hydrogens (tertiary/aromatic N) is 2. The van der Waals surface area contributed by atoms with Gasteiger partial charge in [-0.3, -0.25) is 0 Å². The van der Waals surface area contributed by atoms with Gasteiger partial charge in [-0.25, -0.2) is 0 Å². The van der Waals surface area contributed by atoms with Crippen LogP contribution >= 0.6 is 11.3 Å². The summed E-state index contributed by atoms with van der Waals surface area (Å²) in [6, 6.07) is 99.5. The molecule has 11 aromatic carbocycles. The van der Waals surface area contributed by atoms with Gasteiger partial charge < -0.3 is 9.13 Å². The largest absolute Gasteiger partial charge is 0.309 e. The molecule has 2 nitrogen and oxygen atoms in total. The van der Waals surface area contributed by atoms with Crippen molar-refractivity contribution in [2.24, 2.45) is 0 Å². The first-order chi connectivity index (χ1) is 34.7. The average molecular weight is 925 g/mol. The van der Waals surface area contributed by atoms with Crippen molar-refractivity contribution in [1.29, 1.82) is 0 Å². The van der Waals surface area contributed by atoms with E-state index in [1.807, 2.05) is 11.3 Å². The number of fused-ring (bicyclic) bond motifs is 9. The number of thiophene rings is 1. The molecule has 14 rings (SSSR count). The van der Waals surface area contributed by atoms with Crippen LogP contribution in [-0.2, 0) is 0 Å². The van der Waals surface area contributed by atoms with E-state index >= 15 is 0 Å². The molecule has 0 spiro atoms. The number of hydrogen-bond acceptors (Lipinski definition) is 1. The molecule has 70 heavy (non-hydrogen) atoms.